The standard InChI is InChI=1S/C2F6NO8PS2/c3-1(4,5)19(12,13)9(16-18(10,11)17-9)20(14,15)2(6,7)8/p+1. The highest BCUT2D eigenvalue weighted by Crippen LogP contribution is 2.65. The first-order valence-corrected chi connectivity index (χ1v) is 8.06. The molecule has 0 aliphatic carbocycles. The molecule has 9 nitrogen and oxygen atoms in total. The molecule has 0 spiro atoms. The van der Waals surface area contributed by atoms with Gasteiger partial charge in [-0.1, -0.05) is 0 Å². The highest BCUT2D eigenvalue weighted by atomic mass is 32.3. The number of hydrogen-bond donors (Lipinski definition) is 1. The molecule has 1 saturated heterocycles. The van der Waals surface area contributed by atoms with E-state index in [-0.39, 0.29) is 0 Å². The van der Waals surface area contributed by atoms with E-state index in [9.17, 15) is 47.7 Å². The summed E-state index contributed by atoms with van der Waals surface area (Å²) in [5.41, 5.74) is -13.2. The maximum atomic E-state index is 12.2. The molecule has 1 N–H and O–H groups in total. The summed E-state index contributed by atoms with van der Waals surface area (Å²) in [5, 5.41) is 0. The van der Waals surface area contributed by atoms with Gasteiger partial charge >= 0.3 is 38.9 Å². The summed E-state index contributed by atoms with van der Waals surface area (Å²) in [6, 6.07) is 0. The number of halogens is 6. The fraction of sp³-hybridized carbons (Fsp3) is 1.00. The molecule has 0 amide bonds. The van der Waals surface area contributed by atoms with Gasteiger partial charge in [0.1, 0.15) is 0 Å². The third-order valence-electron chi connectivity index (χ3n) is 1.58. The Morgan fingerprint density at radius 2 is 1.10 bits per heavy atom. The van der Waals surface area contributed by atoms with E-state index < -0.39 is 42.5 Å². The van der Waals surface area contributed by atoms with Gasteiger partial charge in [0.05, 0.1) is 0 Å². The molecule has 0 aromatic rings. The Kier molecular flexibility index (Phi) is 3.57. The first-order valence-electron chi connectivity index (χ1n) is 3.69. The van der Waals surface area contributed by atoms with Crippen molar-refractivity contribution in [3.05, 3.63) is 0 Å². The van der Waals surface area contributed by atoms with E-state index in [2.05, 4.69) is 9.25 Å². The van der Waals surface area contributed by atoms with E-state index in [1.165, 1.54) is 0 Å². The molecule has 1 fully saturated rings. The van der Waals surface area contributed by atoms with Crippen LogP contribution in [0.15, 0.2) is 0 Å². The van der Waals surface area contributed by atoms with Gasteiger partial charge in [-0.3, -0.25) is 4.89 Å². The molecule has 0 aromatic heterocycles. The lowest BCUT2D eigenvalue weighted by Gasteiger charge is -2.35. The maximum absolute atomic E-state index is 12.2. The Morgan fingerprint density at radius 3 is 1.25 bits per heavy atom. The maximum Gasteiger partial charge on any atom is 0.576 e. The summed E-state index contributed by atoms with van der Waals surface area (Å²) in [6.45, 7) is 0. The third-order valence-corrected chi connectivity index (χ3v) is 6.72. The number of rotatable bonds is 2. The zero-order valence-electron chi connectivity index (χ0n) is 8.28. The quantitative estimate of drug-likeness (QED) is 0.419. The van der Waals surface area contributed by atoms with Crippen LogP contribution < -0.4 is 0 Å². The van der Waals surface area contributed by atoms with Crippen LogP contribution in [0.5, 0.6) is 0 Å². The number of phosphoric acid groups is 1. The van der Waals surface area contributed by atoms with Crippen molar-refractivity contribution in [2.45, 2.75) is 11.0 Å². The van der Waals surface area contributed by atoms with Crippen LogP contribution in [0.4, 0.5) is 26.3 Å². The van der Waals surface area contributed by atoms with Gasteiger partial charge in [-0.15, -0.1) is 0 Å². The predicted octanol–water partition coefficient (Wildman–Crippen LogP) is 0.480. The Morgan fingerprint density at radius 1 is 0.850 bits per heavy atom. The lowest BCUT2D eigenvalue weighted by molar-refractivity contribution is -1.07. The average molecular weight is 376 g/mol. The Labute approximate surface area is 105 Å². The van der Waals surface area contributed by atoms with Gasteiger partial charge in [-0.2, -0.15) is 43.2 Å². The van der Waals surface area contributed by atoms with Crippen LogP contribution in [0, 0.1) is 0 Å². The Balaban J connectivity index is 3.66. The van der Waals surface area contributed by atoms with Gasteiger partial charge in [0, 0.05) is 0 Å². The minimum absolute atomic E-state index is 2.91. The zero-order chi connectivity index (χ0) is 16.4. The molecular weight excluding hydrogens is 375 g/mol. The van der Waals surface area contributed by atoms with Crippen LogP contribution >= 0.6 is 7.82 Å². The summed E-state index contributed by atoms with van der Waals surface area (Å²) < 4.78 is 128. The highest BCUT2D eigenvalue weighted by molar-refractivity contribution is 7.99. The lowest BCUT2D eigenvalue weighted by atomic mass is 11.6. The number of nitrogens with zero attached hydrogens (tertiary/aromatic N) is 1. The Hall–Kier alpha value is -0.450. The normalized spacial score (nSPS) is 23.1. The van der Waals surface area contributed by atoms with E-state index >= 15 is 0 Å². The summed E-state index contributed by atoms with van der Waals surface area (Å²) >= 11 is 0. The second kappa shape index (κ2) is 4.05. The van der Waals surface area contributed by atoms with Crippen LogP contribution in [0.2, 0.25) is 0 Å². The van der Waals surface area contributed by atoms with Crippen LogP contribution in [-0.2, 0) is 33.9 Å². The van der Waals surface area contributed by atoms with E-state index in [4.69, 9.17) is 4.89 Å². The molecule has 0 atom stereocenters. The summed E-state index contributed by atoms with van der Waals surface area (Å²) in [6.07, 6.45) is 0. The molecule has 0 unspecified atom stereocenters. The molecular formula is C2HF6NO8PS2+. The van der Waals surface area contributed by atoms with Gasteiger partial charge in [-0.25, -0.2) is 4.57 Å². The number of alkyl halides is 6. The average Bonchev–Trinajstić information content (AvgIpc) is 2.08. The van der Waals surface area contributed by atoms with E-state index in [1.807, 2.05) is 0 Å². The fourth-order valence-corrected chi connectivity index (χ4v) is 5.80. The molecule has 0 radical (unpaired) electrons. The van der Waals surface area contributed by atoms with Crippen molar-refractivity contribution in [2.75, 3.05) is 0 Å². The van der Waals surface area contributed by atoms with E-state index in [0.29, 0.717) is 0 Å². The first kappa shape index (κ1) is 17.6. The van der Waals surface area contributed by atoms with Gasteiger partial charge in [0.2, 0.25) is 3.62 Å². The van der Waals surface area contributed by atoms with Crippen molar-refractivity contribution in [1.82, 2.24) is 0 Å². The van der Waals surface area contributed by atoms with Gasteiger partial charge < -0.3 is 0 Å². The minimum atomic E-state index is -7.36. The van der Waals surface area contributed by atoms with Gasteiger partial charge in [0.15, 0.2) is 0 Å². The lowest BCUT2D eigenvalue weighted by Crippen LogP contribution is -2.66. The van der Waals surface area contributed by atoms with Crippen LogP contribution in [-0.4, -0.2) is 36.4 Å². The van der Waals surface area contributed by atoms with Gasteiger partial charge in [-0.05, 0) is 9.25 Å². The zero-order valence-corrected chi connectivity index (χ0v) is 10.8. The van der Waals surface area contributed by atoms with Crippen LogP contribution in [0.25, 0.3) is 0 Å². The highest BCUT2D eigenvalue weighted by Gasteiger charge is 2.88. The van der Waals surface area contributed by atoms with Crippen molar-refractivity contribution in [3.8, 4) is 0 Å². The van der Waals surface area contributed by atoms with Crippen LogP contribution in [0.3, 0.4) is 0 Å². The largest absolute Gasteiger partial charge is 0.576 e. The summed E-state index contributed by atoms with van der Waals surface area (Å²) in [7, 11) is -20.4. The third kappa shape index (κ3) is 2.13. The van der Waals surface area contributed by atoms with Crippen molar-refractivity contribution < 1.29 is 65.5 Å². The number of sulfonamides is 2. The van der Waals surface area contributed by atoms with Crippen molar-refractivity contribution in [3.63, 3.8) is 0 Å². The number of hydrogen-bond acceptors (Lipinski definition) is 7. The van der Waals surface area contributed by atoms with Crippen molar-refractivity contribution in [2.24, 2.45) is 0 Å². The minimum Gasteiger partial charge on any atom is -0.296 e. The van der Waals surface area contributed by atoms with Crippen LogP contribution in [0.1, 0.15) is 0 Å². The molecule has 1 aliphatic heterocycles. The van der Waals surface area contributed by atoms with Crippen molar-refractivity contribution >= 4 is 27.9 Å². The molecule has 0 bridgehead atoms. The fourth-order valence-electron chi connectivity index (χ4n) is 0.817. The molecule has 18 heteroatoms. The first-order chi connectivity index (χ1) is 8.41. The number of quaternary nitrogens is 1. The van der Waals surface area contributed by atoms with Gasteiger partial charge in [0.25, 0.3) is 0 Å². The monoisotopic (exact) mass is 376 g/mol. The second-order valence-electron chi connectivity index (χ2n) is 2.92. The second-order valence-corrected chi connectivity index (χ2v) is 8.20. The predicted molar refractivity (Wildman–Crippen MR) is 42.2 cm³/mol. The van der Waals surface area contributed by atoms with E-state index in [1.54, 1.807) is 0 Å². The molecule has 0 aromatic carbocycles. The summed E-state index contributed by atoms with van der Waals surface area (Å²) in [4.78, 5) is 8.34. The molecule has 20 heavy (non-hydrogen) atoms. The molecule has 1 aliphatic rings. The smallest absolute Gasteiger partial charge is 0.296 e. The molecule has 1 heterocycles. The van der Waals surface area contributed by atoms with Crippen molar-refractivity contribution in [1.29, 1.82) is 0 Å². The summed E-state index contributed by atoms with van der Waals surface area (Å²) in [5.74, 6) is 0. The Bertz CT molecular complexity index is 617. The molecule has 0 saturated carbocycles. The SMILES string of the molecule is O=P1(O)O[N+](S(=O)(=O)C(F)(F)F)(S(=O)(=O)C(F)(F)F)O1. The molecule has 120 valence electrons. The molecule has 1 rings (SSSR count). The van der Waals surface area contributed by atoms with E-state index in [0.717, 1.165) is 0 Å². The topological polar surface area (TPSA) is 124 Å².